The topological polar surface area (TPSA) is 115 Å². The van der Waals surface area contributed by atoms with E-state index in [2.05, 4.69) is 26.7 Å². The van der Waals surface area contributed by atoms with Crippen LogP contribution in [-0.2, 0) is 13.5 Å². The van der Waals surface area contributed by atoms with E-state index in [-0.39, 0.29) is 0 Å². The lowest BCUT2D eigenvalue weighted by Gasteiger charge is -2.16. The van der Waals surface area contributed by atoms with Gasteiger partial charge in [-0.3, -0.25) is 4.98 Å². The van der Waals surface area contributed by atoms with Gasteiger partial charge in [-0.1, -0.05) is 12.1 Å². The first-order valence-corrected chi connectivity index (χ1v) is 9.41. The number of pyridine rings is 1. The van der Waals surface area contributed by atoms with Crippen molar-refractivity contribution in [3.8, 4) is 11.8 Å². The highest BCUT2D eigenvalue weighted by molar-refractivity contribution is 5.99. The van der Waals surface area contributed by atoms with Crippen LogP contribution in [0.1, 0.15) is 25.1 Å². The van der Waals surface area contributed by atoms with Crippen molar-refractivity contribution in [2.45, 2.75) is 20.3 Å². The molecule has 8 nitrogen and oxygen atoms in total. The number of nitriles is 1. The largest absolute Gasteiger partial charge is 0.492 e. The smallest absolute Gasteiger partial charge is 0.144 e. The van der Waals surface area contributed by atoms with Gasteiger partial charge in [-0.05, 0) is 37.6 Å². The van der Waals surface area contributed by atoms with Crippen molar-refractivity contribution in [2.24, 2.45) is 7.05 Å². The summed E-state index contributed by atoms with van der Waals surface area (Å²) in [6.45, 7) is 4.39. The molecule has 146 valence electrons. The monoisotopic (exact) mass is 387 g/mol. The number of nitrogens with zero attached hydrogens (tertiary/aromatic N) is 5. The number of fused-ring (bicyclic) bond motifs is 2. The number of aromatic nitrogens is 4. The van der Waals surface area contributed by atoms with E-state index in [0.717, 1.165) is 33.3 Å². The molecule has 4 aromatic rings. The van der Waals surface area contributed by atoms with E-state index in [1.54, 1.807) is 10.7 Å². The molecule has 0 aliphatic heterocycles. The summed E-state index contributed by atoms with van der Waals surface area (Å²) in [5.41, 5.74) is 11.8. The van der Waals surface area contributed by atoms with E-state index < -0.39 is 0 Å². The molecule has 0 bridgehead atoms. The van der Waals surface area contributed by atoms with Gasteiger partial charge in [0, 0.05) is 24.2 Å². The van der Waals surface area contributed by atoms with Crippen LogP contribution in [0.25, 0.3) is 21.9 Å². The number of nitrogens with two attached hydrogens (primary N) is 1. The van der Waals surface area contributed by atoms with E-state index in [0.29, 0.717) is 35.7 Å². The van der Waals surface area contributed by atoms with Crippen LogP contribution >= 0.6 is 0 Å². The molecule has 0 saturated heterocycles. The van der Waals surface area contributed by atoms with Crippen molar-refractivity contribution in [1.82, 2.24) is 20.0 Å². The maximum absolute atomic E-state index is 9.84. The number of nitrogens with one attached hydrogen (secondary N) is 1. The van der Waals surface area contributed by atoms with E-state index in [1.165, 1.54) is 0 Å². The fraction of sp³-hybridized carbons (Fsp3) is 0.238. The number of ether oxygens (including phenoxy) is 1. The molecule has 0 unspecified atom stereocenters. The highest BCUT2D eigenvalue weighted by Crippen LogP contribution is 2.36. The minimum Gasteiger partial charge on any atom is -0.492 e. The average molecular weight is 387 g/mol. The maximum atomic E-state index is 9.84. The van der Waals surface area contributed by atoms with Crippen LogP contribution in [0.5, 0.6) is 5.75 Å². The molecule has 29 heavy (non-hydrogen) atoms. The summed E-state index contributed by atoms with van der Waals surface area (Å²) in [7, 11) is 1.85. The molecule has 0 spiro atoms. The van der Waals surface area contributed by atoms with Crippen molar-refractivity contribution in [2.75, 3.05) is 17.7 Å². The molecule has 0 amide bonds. The number of hydrogen-bond donors (Lipinski definition) is 2. The summed E-state index contributed by atoms with van der Waals surface area (Å²) in [4.78, 5) is 4.68. The van der Waals surface area contributed by atoms with Crippen molar-refractivity contribution in [3.63, 3.8) is 0 Å². The first kappa shape index (κ1) is 18.5. The number of rotatable bonds is 5. The standard InChI is InChI=1S/C21H21N7O/c1-4-16-14(11-22)21(13-9-15(23)20(29-5-2)10-17(13)25-16)24-12-6-7-19-18(8-12)26-27-28(19)3/h6-10H,4-5,23H2,1-3H3,(H,24,25). The van der Waals surface area contributed by atoms with E-state index in [9.17, 15) is 5.26 Å². The van der Waals surface area contributed by atoms with Gasteiger partial charge in [0.25, 0.3) is 0 Å². The number of anilines is 3. The summed E-state index contributed by atoms with van der Waals surface area (Å²) in [5.74, 6) is 0.589. The van der Waals surface area contributed by atoms with Crippen LogP contribution in [0.2, 0.25) is 0 Å². The van der Waals surface area contributed by atoms with Gasteiger partial charge in [0.05, 0.1) is 40.3 Å². The zero-order valence-electron chi connectivity index (χ0n) is 16.5. The number of hydrogen-bond acceptors (Lipinski definition) is 7. The van der Waals surface area contributed by atoms with Crippen LogP contribution in [0.15, 0.2) is 30.3 Å². The van der Waals surface area contributed by atoms with Gasteiger partial charge in [0.2, 0.25) is 0 Å². The second-order valence-corrected chi connectivity index (χ2v) is 6.66. The SMILES string of the molecule is CCOc1cc2nc(CC)c(C#N)c(Nc3ccc4c(c3)nnn4C)c2cc1N. The molecule has 2 heterocycles. The van der Waals surface area contributed by atoms with Gasteiger partial charge < -0.3 is 15.8 Å². The number of benzene rings is 2. The summed E-state index contributed by atoms with van der Waals surface area (Å²) in [6.07, 6.45) is 0.630. The highest BCUT2D eigenvalue weighted by Gasteiger charge is 2.17. The summed E-state index contributed by atoms with van der Waals surface area (Å²) in [5, 5.41) is 22.2. The Bertz CT molecular complexity index is 1270. The molecule has 3 N–H and O–H groups in total. The molecule has 2 aromatic heterocycles. The van der Waals surface area contributed by atoms with Gasteiger partial charge in [-0.25, -0.2) is 4.68 Å². The van der Waals surface area contributed by atoms with E-state index in [4.69, 9.17) is 10.5 Å². The minimum absolute atomic E-state index is 0.502. The van der Waals surface area contributed by atoms with E-state index >= 15 is 0 Å². The van der Waals surface area contributed by atoms with Crippen molar-refractivity contribution in [3.05, 3.63) is 41.6 Å². The molecule has 0 atom stereocenters. The van der Waals surface area contributed by atoms with Gasteiger partial charge >= 0.3 is 0 Å². The zero-order chi connectivity index (χ0) is 20.5. The Balaban J connectivity index is 1.92. The predicted octanol–water partition coefficient (Wildman–Crippen LogP) is 3.68. The Hall–Kier alpha value is -3.86. The third kappa shape index (κ3) is 3.17. The molecule has 0 saturated carbocycles. The molecule has 0 fully saturated rings. The molecular formula is C21H21N7O. The Kier molecular flexibility index (Phi) is 4.64. The van der Waals surface area contributed by atoms with Crippen LogP contribution in [0, 0.1) is 11.3 Å². The van der Waals surface area contributed by atoms with Crippen molar-refractivity contribution in [1.29, 1.82) is 5.26 Å². The molecule has 0 aliphatic rings. The van der Waals surface area contributed by atoms with Gasteiger partial charge in [0.1, 0.15) is 17.3 Å². The first-order chi connectivity index (χ1) is 14.0. The lowest BCUT2D eigenvalue weighted by molar-refractivity contribution is 0.342. The zero-order valence-corrected chi connectivity index (χ0v) is 16.5. The van der Waals surface area contributed by atoms with Crippen molar-refractivity contribution < 1.29 is 4.74 Å². The number of aryl methyl sites for hydroxylation is 2. The fourth-order valence-corrected chi connectivity index (χ4v) is 3.41. The predicted molar refractivity (Wildman–Crippen MR) is 113 cm³/mol. The Morgan fingerprint density at radius 3 is 2.76 bits per heavy atom. The van der Waals surface area contributed by atoms with Crippen molar-refractivity contribution >= 4 is 39.0 Å². The normalized spacial score (nSPS) is 11.0. The highest BCUT2D eigenvalue weighted by atomic mass is 16.5. The average Bonchev–Trinajstić information content (AvgIpc) is 3.09. The molecule has 0 radical (unpaired) electrons. The van der Waals surface area contributed by atoms with Crippen LogP contribution < -0.4 is 15.8 Å². The molecular weight excluding hydrogens is 366 g/mol. The van der Waals surface area contributed by atoms with Gasteiger partial charge in [-0.15, -0.1) is 5.10 Å². The maximum Gasteiger partial charge on any atom is 0.144 e. The van der Waals surface area contributed by atoms with Crippen LogP contribution in [-0.4, -0.2) is 26.6 Å². The van der Waals surface area contributed by atoms with Gasteiger partial charge in [-0.2, -0.15) is 5.26 Å². The molecule has 4 rings (SSSR count). The Labute approximate surface area is 167 Å². The Morgan fingerprint density at radius 1 is 1.21 bits per heavy atom. The van der Waals surface area contributed by atoms with E-state index in [1.807, 2.05) is 45.2 Å². The number of nitrogen functional groups attached to an aromatic ring is 1. The summed E-state index contributed by atoms with van der Waals surface area (Å²) < 4.78 is 7.33. The second kappa shape index (κ2) is 7.28. The lowest BCUT2D eigenvalue weighted by Crippen LogP contribution is -2.04. The second-order valence-electron chi connectivity index (χ2n) is 6.66. The molecule has 0 aliphatic carbocycles. The summed E-state index contributed by atoms with van der Waals surface area (Å²) in [6, 6.07) is 11.7. The Morgan fingerprint density at radius 2 is 2.03 bits per heavy atom. The third-order valence-corrected chi connectivity index (χ3v) is 4.82. The lowest BCUT2D eigenvalue weighted by atomic mass is 10.0. The summed E-state index contributed by atoms with van der Waals surface area (Å²) >= 11 is 0. The van der Waals surface area contributed by atoms with Crippen LogP contribution in [0.4, 0.5) is 17.1 Å². The fourth-order valence-electron chi connectivity index (χ4n) is 3.41. The quantitative estimate of drug-likeness (QED) is 0.502. The molecule has 8 heteroatoms. The van der Waals surface area contributed by atoms with Gasteiger partial charge in [0.15, 0.2) is 0 Å². The minimum atomic E-state index is 0.502. The first-order valence-electron chi connectivity index (χ1n) is 9.41. The van der Waals surface area contributed by atoms with Crippen LogP contribution in [0.3, 0.4) is 0 Å². The molecule has 2 aromatic carbocycles. The third-order valence-electron chi connectivity index (χ3n) is 4.82.